The first-order valence-corrected chi connectivity index (χ1v) is 1.17. The molecule has 0 atom stereocenters. The molecule has 0 heterocycles. The first-order chi connectivity index (χ1) is 3.46. The minimum absolute atomic E-state index is 0. The van der Waals surface area contributed by atoms with E-state index in [9.17, 15) is 0 Å². The van der Waals surface area contributed by atoms with Crippen LogP contribution in [0.3, 0.4) is 0 Å². The minimum Gasteiger partial charge on any atom is -0.201 e. The number of hydrogen-bond donors (Lipinski definition) is 4. The number of hydrogen-bond acceptors (Lipinski definition) is 2. The third kappa shape index (κ3) is 143. The van der Waals surface area contributed by atoms with Gasteiger partial charge in [-0.2, -0.15) is 0 Å². The fraction of sp³-hybridized carbons (Fsp3) is 0. The van der Waals surface area contributed by atoms with Crippen molar-refractivity contribution in [3.8, 4) is 0 Å². The number of nitrogens with zero attached hydrogens (tertiary/aromatic N) is 2. The molecule has 0 amide bonds. The Labute approximate surface area is 58.8 Å². The van der Waals surface area contributed by atoms with Gasteiger partial charge in [0.2, 0.25) is 0 Å². The normalized spacial score (nSPS) is 5.33. The molecule has 0 fully saturated rings. The molecule has 0 saturated heterocycles. The Balaban J connectivity index is -0.0000000720. The van der Waals surface area contributed by atoms with Crippen LogP contribution in [0.15, 0.2) is 0 Å². The maximum Gasteiger partial charge on any atom is 0.472 e. The van der Waals surface area contributed by atoms with Gasteiger partial charge < -0.3 is 0 Å². The molecule has 0 aliphatic heterocycles. The Morgan fingerprint density at radius 1 is 0.778 bits per heavy atom. The van der Waals surface area contributed by atoms with Crippen molar-refractivity contribution >= 4 is 0 Å². The molecule has 0 aliphatic carbocycles. The van der Waals surface area contributed by atoms with Crippen LogP contribution in [-0.4, -0.2) is 31.0 Å². The van der Waals surface area contributed by atoms with Gasteiger partial charge in [-0.1, -0.05) is 0 Å². The molecule has 0 aliphatic rings. The smallest absolute Gasteiger partial charge is 0.201 e. The van der Waals surface area contributed by atoms with Crippen molar-refractivity contribution < 1.29 is 48.1 Å². The molecule has 8 nitrogen and oxygen atoms in total. The van der Waals surface area contributed by atoms with Gasteiger partial charge in [0.05, 0.1) is 0 Å². The summed E-state index contributed by atoms with van der Waals surface area (Å²) in [6, 6.07) is 0. The minimum atomic E-state index is -1.25. The standard InChI is InChI=1S/Cu.2H2NO3/c;2*2-1(3)4/h;2*(H2,2,3,4)/q;2*+1. The fourth-order valence-electron chi connectivity index (χ4n) is 0. The molecular weight excluding hydrogens is 188 g/mol. The van der Waals surface area contributed by atoms with E-state index in [0.717, 1.165) is 0 Å². The van der Waals surface area contributed by atoms with E-state index < -0.39 is 10.2 Å². The zero-order valence-corrected chi connectivity index (χ0v) is 4.74. The summed E-state index contributed by atoms with van der Waals surface area (Å²) in [4.78, 5) is 16.9. The molecule has 4 N–H and O–H groups in total. The molecule has 0 aromatic heterocycles. The largest absolute Gasteiger partial charge is 0.472 e. The molecule has 0 aromatic rings. The van der Waals surface area contributed by atoms with E-state index in [1.807, 2.05) is 0 Å². The topological polar surface area (TPSA) is 121 Å². The molecule has 0 bridgehead atoms. The summed E-state index contributed by atoms with van der Waals surface area (Å²) in [5.41, 5.74) is 0. The second kappa shape index (κ2) is 10.0. The van der Waals surface area contributed by atoms with Crippen molar-refractivity contribution in [1.82, 2.24) is 0 Å². The van der Waals surface area contributed by atoms with E-state index in [1.165, 1.54) is 0 Å². The predicted molar refractivity (Wildman–Crippen MR) is 14.4 cm³/mol. The molecule has 0 spiro atoms. The van der Waals surface area contributed by atoms with Crippen molar-refractivity contribution in [3.05, 3.63) is 9.81 Å². The molecule has 0 aromatic carbocycles. The Bertz CT molecular complexity index is 69.1. The van der Waals surface area contributed by atoms with Gasteiger partial charge in [0, 0.05) is 17.1 Å². The Hall–Kier alpha value is -1.08. The van der Waals surface area contributed by atoms with Gasteiger partial charge in [-0.15, -0.1) is 0 Å². The van der Waals surface area contributed by atoms with Crippen molar-refractivity contribution in [2.45, 2.75) is 0 Å². The maximum absolute atomic E-state index is 8.47. The van der Waals surface area contributed by atoms with Crippen molar-refractivity contribution in [1.29, 1.82) is 0 Å². The van der Waals surface area contributed by atoms with Gasteiger partial charge in [-0.05, 0) is 0 Å². The van der Waals surface area contributed by atoms with Crippen LogP contribution >= 0.6 is 0 Å². The molecule has 0 unspecified atom stereocenters. The summed E-state index contributed by atoms with van der Waals surface area (Å²) in [5.74, 6) is 0. The third-order valence-electron chi connectivity index (χ3n) is 0. The average molecular weight is 192 g/mol. The Morgan fingerprint density at radius 3 is 0.778 bits per heavy atom. The van der Waals surface area contributed by atoms with Gasteiger partial charge in [-0.3, -0.25) is 0 Å². The first-order valence-electron chi connectivity index (χ1n) is 1.17. The average Bonchev–Trinajstić information content (AvgIpc) is 1.25. The molecule has 0 saturated carbocycles. The summed E-state index contributed by atoms with van der Waals surface area (Å²) in [7, 11) is 0. The van der Waals surface area contributed by atoms with E-state index in [2.05, 4.69) is 0 Å². The maximum atomic E-state index is 8.47. The Morgan fingerprint density at radius 2 is 0.778 bits per heavy atom. The van der Waals surface area contributed by atoms with Gasteiger partial charge in [0.1, 0.15) is 9.81 Å². The summed E-state index contributed by atoms with van der Waals surface area (Å²) >= 11 is 0. The molecule has 59 valence electrons. The van der Waals surface area contributed by atoms with E-state index in [-0.39, 0.29) is 17.1 Å². The second-order valence-corrected chi connectivity index (χ2v) is 0.505. The molecule has 1 radical (unpaired) electrons. The van der Waals surface area contributed by atoms with Crippen LogP contribution in [0.4, 0.5) is 0 Å². The van der Waals surface area contributed by atoms with Crippen LogP contribution in [0.25, 0.3) is 0 Å². The van der Waals surface area contributed by atoms with Gasteiger partial charge in [-0.25, -0.2) is 20.8 Å². The van der Waals surface area contributed by atoms with Crippen LogP contribution in [0.2, 0.25) is 0 Å². The molecular formula is H4CuN2O6+2. The van der Waals surface area contributed by atoms with Crippen molar-refractivity contribution in [2.24, 2.45) is 0 Å². The van der Waals surface area contributed by atoms with E-state index in [1.54, 1.807) is 0 Å². The number of rotatable bonds is 0. The molecule has 0 rings (SSSR count). The zero-order valence-electron chi connectivity index (χ0n) is 3.80. The van der Waals surface area contributed by atoms with Gasteiger partial charge in [0.25, 0.3) is 0 Å². The van der Waals surface area contributed by atoms with Crippen LogP contribution in [-0.2, 0) is 17.1 Å². The summed E-state index contributed by atoms with van der Waals surface area (Å²) in [6.07, 6.45) is 0. The van der Waals surface area contributed by atoms with Crippen LogP contribution in [0.5, 0.6) is 0 Å². The summed E-state index contributed by atoms with van der Waals surface area (Å²) in [6.45, 7) is 0. The van der Waals surface area contributed by atoms with E-state index >= 15 is 0 Å². The molecule has 9 heteroatoms. The SMILES string of the molecule is O=[N+](O)O.O=[N+](O)O.[Cu]. The Kier molecular flexibility index (Phi) is 17.4. The summed E-state index contributed by atoms with van der Waals surface area (Å²) < 4.78 is 0. The van der Waals surface area contributed by atoms with Gasteiger partial charge >= 0.3 is 10.2 Å². The van der Waals surface area contributed by atoms with E-state index in [4.69, 9.17) is 30.6 Å². The molecule has 9 heavy (non-hydrogen) atoms. The zero-order chi connectivity index (χ0) is 7.15. The van der Waals surface area contributed by atoms with Crippen LogP contribution < -0.4 is 0 Å². The fourth-order valence-corrected chi connectivity index (χ4v) is 0. The van der Waals surface area contributed by atoms with Gasteiger partial charge in [0.15, 0.2) is 0 Å². The van der Waals surface area contributed by atoms with Crippen molar-refractivity contribution in [2.75, 3.05) is 0 Å². The first kappa shape index (κ1) is 15.7. The quantitative estimate of drug-likeness (QED) is 0.290. The van der Waals surface area contributed by atoms with Crippen LogP contribution in [0, 0.1) is 9.81 Å². The van der Waals surface area contributed by atoms with Crippen molar-refractivity contribution in [3.63, 3.8) is 0 Å². The predicted octanol–water partition coefficient (Wildman–Crippen LogP) is -0.915. The van der Waals surface area contributed by atoms with E-state index in [0.29, 0.717) is 0 Å². The summed E-state index contributed by atoms with van der Waals surface area (Å²) in [5, 5.41) is 25.1. The second-order valence-electron chi connectivity index (χ2n) is 0.505. The van der Waals surface area contributed by atoms with Crippen LogP contribution in [0.1, 0.15) is 0 Å². The monoisotopic (exact) mass is 191 g/mol. The third-order valence-corrected chi connectivity index (χ3v) is 0.